The molecule has 1 aromatic carbocycles. The minimum Gasteiger partial charge on any atom is -0.348 e. The molecule has 1 saturated carbocycles. The van der Waals surface area contributed by atoms with E-state index in [1.165, 1.54) is 43.4 Å². The van der Waals surface area contributed by atoms with E-state index in [9.17, 15) is 4.79 Å². The summed E-state index contributed by atoms with van der Waals surface area (Å²) in [4.78, 5) is 17.8. The van der Waals surface area contributed by atoms with Gasteiger partial charge < -0.3 is 5.32 Å². The molecule has 0 saturated heterocycles. The van der Waals surface area contributed by atoms with E-state index in [4.69, 9.17) is 16.7 Å². The van der Waals surface area contributed by atoms with Gasteiger partial charge in [-0.05, 0) is 81.2 Å². The van der Waals surface area contributed by atoms with Crippen molar-refractivity contribution >= 4 is 17.5 Å². The molecule has 0 aliphatic heterocycles. The summed E-state index contributed by atoms with van der Waals surface area (Å²) in [6.07, 6.45) is 14.9. The molecule has 2 atom stereocenters. The second-order valence-corrected chi connectivity index (χ2v) is 10.7. The number of aromatic nitrogens is 3. The van der Waals surface area contributed by atoms with Gasteiger partial charge in [0.1, 0.15) is 0 Å². The lowest BCUT2D eigenvalue weighted by Crippen LogP contribution is -2.39. The first kappa shape index (κ1) is 24.1. The SMILES string of the molecule is C[C@H](NC(=O)c1nn(-c2ccncc2)c2c1CCCCC2Cc1ccc(Cl)cc1)C1CCCCC1. The van der Waals surface area contributed by atoms with Crippen molar-refractivity contribution in [3.8, 4) is 5.69 Å². The summed E-state index contributed by atoms with van der Waals surface area (Å²) in [7, 11) is 0. The van der Waals surface area contributed by atoms with Gasteiger partial charge >= 0.3 is 0 Å². The van der Waals surface area contributed by atoms with Crippen LogP contribution in [0, 0.1) is 5.92 Å². The van der Waals surface area contributed by atoms with Gasteiger partial charge in [0, 0.05) is 34.9 Å². The van der Waals surface area contributed by atoms with Gasteiger partial charge in [0.05, 0.1) is 11.4 Å². The quantitative estimate of drug-likeness (QED) is 0.392. The van der Waals surface area contributed by atoms with Crippen molar-refractivity contribution in [3.63, 3.8) is 0 Å². The molecule has 2 aromatic heterocycles. The summed E-state index contributed by atoms with van der Waals surface area (Å²) in [6.45, 7) is 2.16. The first-order chi connectivity index (χ1) is 17.1. The number of hydrogen-bond donors (Lipinski definition) is 1. The molecule has 1 amide bonds. The molecule has 0 spiro atoms. The Morgan fingerprint density at radius 3 is 2.49 bits per heavy atom. The zero-order valence-electron chi connectivity index (χ0n) is 20.5. The number of nitrogens with zero attached hydrogens (tertiary/aromatic N) is 3. The summed E-state index contributed by atoms with van der Waals surface area (Å²) in [5, 5.41) is 9.05. The van der Waals surface area contributed by atoms with Crippen LogP contribution in [-0.2, 0) is 12.8 Å². The van der Waals surface area contributed by atoms with E-state index < -0.39 is 0 Å². The van der Waals surface area contributed by atoms with Crippen LogP contribution in [0.25, 0.3) is 5.69 Å². The summed E-state index contributed by atoms with van der Waals surface area (Å²) < 4.78 is 2.02. The molecular formula is C29H35ClN4O. The maximum absolute atomic E-state index is 13.6. The van der Waals surface area contributed by atoms with Gasteiger partial charge in [-0.3, -0.25) is 9.78 Å². The Labute approximate surface area is 213 Å². The van der Waals surface area contributed by atoms with E-state index in [0.717, 1.165) is 48.4 Å². The lowest BCUT2D eigenvalue weighted by atomic mass is 9.84. The van der Waals surface area contributed by atoms with Crippen molar-refractivity contribution in [1.29, 1.82) is 0 Å². The number of nitrogens with one attached hydrogen (secondary N) is 1. The van der Waals surface area contributed by atoms with Crippen LogP contribution in [-0.4, -0.2) is 26.7 Å². The molecule has 0 radical (unpaired) electrons. The molecule has 1 fully saturated rings. The first-order valence-corrected chi connectivity index (χ1v) is 13.6. The van der Waals surface area contributed by atoms with Gasteiger partial charge in [0.15, 0.2) is 5.69 Å². The number of hydrogen-bond acceptors (Lipinski definition) is 3. The molecule has 2 aliphatic rings. The van der Waals surface area contributed by atoms with E-state index in [-0.39, 0.29) is 17.9 Å². The highest BCUT2D eigenvalue weighted by Gasteiger charge is 2.31. The highest BCUT2D eigenvalue weighted by molar-refractivity contribution is 6.30. The fourth-order valence-electron chi connectivity index (χ4n) is 5.95. The summed E-state index contributed by atoms with van der Waals surface area (Å²) in [5.41, 5.74) is 5.11. The van der Waals surface area contributed by atoms with E-state index in [0.29, 0.717) is 11.6 Å². The molecule has 2 aliphatic carbocycles. The normalized spacial score (nSPS) is 19.5. The van der Waals surface area contributed by atoms with Crippen molar-refractivity contribution in [2.45, 2.75) is 83.1 Å². The molecule has 35 heavy (non-hydrogen) atoms. The molecule has 1 unspecified atom stereocenters. The maximum atomic E-state index is 13.6. The minimum atomic E-state index is -0.0285. The van der Waals surface area contributed by atoms with Crippen LogP contribution in [0.5, 0.6) is 0 Å². The molecule has 1 N–H and O–H groups in total. The molecule has 2 heterocycles. The molecule has 6 heteroatoms. The second-order valence-electron chi connectivity index (χ2n) is 10.3. The van der Waals surface area contributed by atoms with Crippen molar-refractivity contribution in [1.82, 2.24) is 20.1 Å². The Bertz CT molecular complexity index is 1140. The van der Waals surface area contributed by atoms with Crippen LogP contribution in [0.1, 0.15) is 91.5 Å². The minimum absolute atomic E-state index is 0.0285. The molecular weight excluding hydrogens is 456 g/mol. The lowest BCUT2D eigenvalue weighted by molar-refractivity contribution is 0.0913. The smallest absolute Gasteiger partial charge is 0.272 e. The van der Waals surface area contributed by atoms with E-state index in [2.05, 4.69) is 29.4 Å². The number of halogens is 1. The zero-order valence-corrected chi connectivity index (χ0v) is 21.3. The van der Waals surface area contributed by atoms with Gasteiger partial charge in [-0.1, -0.05) is 49.4 Å². The Balaban J connectivity index is 1.50. The first-order valence-electron chi connectivity index (χ1n) is 13.2. The highest BCUT2D eigenvalue weighted by atomic mass is 35.5. The number of carbonyl (C=O) groups is 1. The third kappa shape index (κ3) is 5.45. The van der Waals surface area contributed by atoms with Crippen LogP contribution >= 0.6 is 11.6 Å². The van der Waals surface area contributed by atoms with Gasteiger partial charge in [-0.2, -0.15) is 5.10 Å². The van der Waals surface area contributed by atoms with Crippen molar-refractivity contribution in [2.24, 2.45) is 5.92 Å². The van der Waals surface area contributed by atoms with Gasteiger partial charge in [-0.15, -0.1) is 0 Å². The van der Waals surface area contributed by atoms with Crippen molar-refractivity contribution in [2.75, 3.05) is 0 Å². The molecule has 3 aromatic rings. The largest absolute Gasteiger partial charge is 0.348 e. The fraction of sp³-hybridized carbons (Fsp3) is 0.483. The monoisotopic (exact) mass is 490 g/mol. The summed E-state index contributed by atoms with van der Waals surface area (Å²) >= 11 is 6.14. The van der Waals surface area contributed by atoms with Gasteiger partial charge in [-0.25, -0.2) is 4.68 Å². The third-order valence-corrected chi connectivity index (χ3v) is 8.12. The standard InChI is InChI=1S/C29H35ClN4O/c1-20(22-7-3-2-4-8-22)32-29(35)27-26-10-6-5-9-23(19-21-11-13-24(30)14-12-21)28(26)34(33-27)25-15-17-31-18-16-25/h11-18,20,22-23H,2-10,19H2,1H3,(H,32,35)/t20-,23?/m0/s1. The Hall–Kier alpha value is -2.66. The lowest BCUT2D eigenvalue weighted by Gasteiger charge is -2.28. The molecule has 5 rings (SSSR count). The summed E-state index contributed by atoms with van der Waals surface area (Å²) in [5.74, 6) is 0.817. The zero-order chi connectivity index (χ0) is 24.2. The van der Waals surface area contributed by atoms with Crippen LogP contribution in [0.2, 0.25) is 5.02 Å². The van der Waals surface area contributed by atoms with Gasteiger partial charge in [0.2, 0.25) is 0 Å². The van der Waals surface area contributed by atoms with Crippen LogP contribution in [0.15, 0.2) is 48.8 Å². The average Bonchev–Trinajstić information content (AvgIpc) is 3.16. The van der Waals surface area contributed by atoms with Crippen molar-refractivity contribution < 1.29 is 4.79 Å². The number of fused-ring (bicyclic) bond motifs is 1. The number of pyridine rings is 1. The van der Waals surface area contributed by atoms with E-state index in [1.54, 1.807) is 12.4 Å². The molecule has 0 bridgehead atoms. The number of amides is 1. The number of benzene rings is 1. The Morgan fingerprint density at radius 1 is 1.03 bits per heavy atom. The van der Waals surface area contributed by atoms with Gasteiger partial charge in [0.25, 0.3) is 5.91 Å². The van der Waals surface area contributed by atoms with E-state index in [1.807, 2.05) is 28.9 Å². The highest BCUT2D eigenvalue weighted by Crippen LogP contribution is 2.37. The Morgan fingerprint density at radius 2 is 1.74 bits per heavy atom. The van der Waals surface area contributed by atoms with Crippen LogP contribution < -0.4 is 5.32 Å². The predicted octanol–water partition coefficient (Wildman–Crippen LogP) is 6.67. The van der Waals surface area contributed by atoms with Crippen LogP contribution in [0.3, 0.4) is 0 Å². The molecule has 184 valence electrons. The topological polar surface area (TPSA) is 59.8 Å². The summed E-state index contributed by atoms with van der Waals surface area (Å²) in [6, 6.07) is 12.3. The maximum Gasteiger partial charge on any atom is 0.272 e. The number of carbonyl (C=O) groups excluding carboxylic acids is 1. The van der Waals surface area contributed by atoms with Crippen molar-refractivity contribution in [3.05, 3.63) is 76.3 Å². The third-order valence-electron chi connectivity index (χ3n) is 7.87. The second kappa shape index (κ2) is 10.9. The fourth-order valence-corrected chi connectivity index (χ4v) is 6.08. The molecule has 5 nitrogen and oxygen atoms in total. The Kier molecular flexibility index (Phi) is 7.52. The average molecular weight is 491 g/mol. The van der Waals surface area contributed by atoms with E-state index >= 15 is 0 Å². The van der Waals surface area contributed by atoms with Crippen LogP contribution in [0.4, 0.5) is 0 Å². The predicted molar refractivity (Wildman–Crippen MR) is 140 cm³/mol. The number of rotatable bonds is 6.